The Labute approximate surface area is 120 Å². The van der Waals surface area contributed by atoms with Gasteiger partial charge in [-0.3, -0.25) is 4.99 Å². The molecular formula is C15H19NOSSi. The van der Waals surface area contributed by atoms with Gasteiger partial charge >= 0.3 is 0 Å². The maximum atomic E-state index is 5.94. The maximum absolute atomic E-state index is 5.94. The molecule has 0 spiro atoms. The zero-order valence-corrected chi connectivity index (χ0v) is 13.6. The smallest absolute Gasteiger partial charge is 0.229 e. The van der Waals surface area contributed by atoms with E-state index in [0.717, 1.165) is 23.4 Å². The topological polar surface area (TPSA) is 21.6 Å². The van der Waals surface area contributed by atoms with Crippen LogP contribution in [0.25, 0.3) is 0 Å². The molecule has 0 radical (unpaired) electrons. The predicted octanol–water partition coefficient (Wildman–Crippen LogP) is 4.36. The molecule has 4 heteroatoms. The molecule has 0 fully saturated rings. The molecule has 0 N–H and O–H groups in total. The number of nitrogens with zero attached hydrogens (tertiary/aromatic N) is 1. The molecule has 19 heavy (non-hydrogen) atoms. The number of hydrogen-bond acceptors (Lipinski definition) is 3. The summed E-state index contributed by atoms with van der Waals surface area (Å²) in [5.74, 6) is 0.920. The number of aryl methyl sites for hydroxylation is 1. The van der Waals surface area contributed by atoms with E-state index in [1.54, 1.807) is 11.3 Å². The number of hydrogen-bond donors (Lipinski definition) is 0. The number of rotatable bonds is 5. The van der Waals surface area contributed by atoms with E-state index in [4.69, 9.17) is 4.43 Å². The summed E-state index contributed by atoms with van der Waals surface area (Å²) in [4.78, 5) is 5.94. The first-order valence-electron chi connectivity index (χ1n) is 6.48. The van der Waals surface area contributed by atoms with Crippen molar-refractivity contribution >= 4 is 32.3 Å². The van der Waals surface area contributed by atoms with Gasteiger partial charge in [-0.1, -0.05) is 18.2 Å². The van der Waals surface area contributed by atoms with Crippen molar-refractivity contribution in [2.75, 3.05) is 0 Å². The van der Waals surface area contributed by atoms with Gasteiger partial charge in [-0.2, -0.15) is 0 Å². The summed E-state index contributed by atoms with van der Waals surface area (Å²) in [5, 5.41) is 2.09. The van der Waals surface area contributed by atoms with Gasteiger partial charge in [0.1, 0.15) is 11.4 Å². The summed E-state index contributed by atoms with van der Waals surface area (Å²) in [6.07, 6.45) is 2.85. The SMILES string of the molecule is Cc1cccc(O[SiH](C)C)c1N=CCc1cccs1. The number of thiophene rings is 1. The molecule has 2 aromatic rings. The molecule has 1 heterocycles. The largest absolute Gasteiger partial charge is 0.546 e. The fourth-order valence-electron chi connectivity index (χ4n) is 1.80. The third-order valence-electron chi connectivity index (χ3n) is 2.66. The lowest BCUT2D eigenvalue weighted by molar-refractivity contribution is 0.581. The Hall–Kier alpha value is -1.39. The molecule has 0 bridgehead atoms. The molecular weight excluding hydrogens is 270 g/mol. The van der Waals surface area contributed by atoms with Gasteiger partial charge in [0.25, 0.3) is 0 Å². The van der Waals surface area contributed by atoms with Gasteiger partial charge in [0.05, 0.1) is 0 Å². The van der Waals surface area contributed by atoms with Crippen molar-refractivity contribution in [2.45, 2.75) is 26.4 Å². The van der Waals surface area contributed by atoms with Crippen LogP contribution in [0, 0.1) is 6.92 Å². The second-order valence-electron chi connectivity index (χ2n) is 4.68. The van der Waals surface area contributed by atoms with Gasteiger partial charge in [-0.15, -0.1) is 11.3 Å². The molecule has 0 saturated heterocycles. The van der Waals surface area contributed by atoms with Crippen LogP contribution in [0.5, 0.6) is 5.75 Å². The van der Waals surface area contributed by atoms with Gasteiger partial charge < -0.3 is 4.43 Å². The molecule has 0 amide bonds. The van der Waals surface area contributed by atoms with Crippen molar-refractivity contribution in [3.8, 4) is 5.75 Å². The average Bonchev–Trinajstić information content (AvgIpc) is 2.85. The van der Waals surface area contributed by atoms with E-state index in [1.807, 2.05) is 18.3 Å². The van der Waals surface area contributed by atoms with E-state index in [9.17, 15) is 0 Å². The van der Waals surface area contributed by atoms with E-state index in [-0.39, 0.29) is 0 Å². The Kier molecular flexibility index (Phi) is 4.93. The summed E-state index contributed by atoms with van der Waals surface area (Å²) >= 11 is 1.76. The molecule has 0 atom stereocenters. The van der Waals surface area contributed by atoms with Crippen molar-refractivity contribution in [2.24, 2.45) is 4.99 Å². The quantitative estimate of drug-likeness (QED) is 0.592. The Balaban J connectivity index is 2.16. The molecule has 1 aromatic carbocycles. The highest BCUT2D eigenvalue weighted by atomic mass is 32.1. The standard InChI is InChI=1S/C15H19NOSSi/c1-12-6-4-8-14(17-19(2)3)15(12)16-10-9-13-7-5-11-18-13/h4-8,10-11,19H,9H2,1-3H3. The first-order chi connectivity index (χ1) is 9.16. The van der Waals surface area contributed by atoms with E-state index < -0.39 is 9.04 Å². The molecule has 100 valence electrons. The second-order valence-corrected chi connectivity index (χ2v) is 8.05. The molecule has 2 rings (SSSR count). The molecule has 0 aliphatic rings. The van der Waals surface area contributed by atoms with Crippen LogP contribution in [0.15, 0.2) is 40.7 Å². The molecule has 1 aromatic heterocycles. The van der Waals surface area contributed by atoms with Crippen LogP contribution >= 0.6 is 11.3 Å². The van der Waals surface area contributed by atoms with Crippen LogP contribution in [-0.2, 0) is 6.42 Å². The first kappa shape index (κ1) is 14.0. The Morgan fingerprint density at radius 3 is 2.79 bits per heavy atom. The fraction of sp³-hybridized carbons (Fsp3) is 0.267. The van der Waals surface area contributed by atoms with Gasteiger partial charge in [-0.05, 0) is 43.1 Å². The highest BCUT2D eigenvalue weighted by Crippen LogP contribution is 2.31. The monoisotopic (exact) mass is 289 g/mol. The van der Waals surface area contributed by atoms with Gasteiger partial charge in [0.2, 0.25) is 9.04 Å². The van der Waals surface area contributed by atoms with E-state index in [0.29, 0.717) is 0 Å². The summed E-state index contributed by atoms with van der Waals surface area (Å²) in [7, 11) is -1.10. The predicted molar refractivity (Wildman–Crippen MR) is 86.9 cm³/mol. The van der Waals surface area contributed by atoms with Crippen molar-refractivity contribution in [1.29, 1.82) is 0 Å². The van der Waals surface area contributed by atoms with Crippen LogP contribution in [0.2, 0.25) is 13.1 Å². The average molecular weight is 289 g/mol. The number of para-hydroxylation sites is 1. The van der Waals surface area contributed by atoms with Gasteiger partial charge in [-0.25, -0.2) is 0 Å². The van der Waals surface area contributed by atoms with Gasteiger partial charge in [0, 0.05) is 17.5 Å². The minimum atomic E-state index is -1.10. The third kappa shape index (κ3) is 4.04. The lowest BCUT2D eigenvalue weighted by atomic mass is 10.2. The van der Waals surface area contributed by atoms with Crippen LogP contribution in [0.1, 0.15) is 10.4 Å². The summed E-state index contributed by atoms with van der Waals surface area (Å²) in [6.45, 7) is 6.41. The molecule has 2 nitrogen and oxygen atoms in total. The molecule has 0 aliphatic heterocycles. The van der Waals surface area contributed by atoms with Crippen molar-refractivity contribution in [3.05, 3.63) is 46.2 Å². The molecule has 0 unspecified atom stereocenters. The highest BCUT2D eigenvalue weighted by Gasteiger charge is 2.07. The Morgan fingerprint density at radius 2 is 2.11 bits per heavy atom. The van der Waals surface area contributed by atoms with Crippen molar-refractivity contribution in [3.63, 3.8) is 0 Å². The minimum Gasteiger partial charge on any atom is -0.546 e. The minimum absolute atomic E-state index is 0.880. The van der Waals surface area contributed by atoms with E-state index in [1.165, 1.54) is 4.88 Å². The highest BCUT2D eigenvalue weighted by molar-refractivity contribution is 7.10. The first-order valence-corrected chi connectivity index (χ1v) is 10.1. The number of benzene rings is 1. The van der Waals surface area contributed by atoms with Crippen LogP contribution < -0.4 is 4.43 Å². The molecule has 0 saturated carbocycles. The normalized spacial score (nSPS) is 11.4. The van der Waals surface area contributed by atoms with Gasteiger partial charge in [0.15, 0.2) is 0 Å². The van der Waals surface area contributed by atoms with Crippen molar-refractivity contribution < 1.29 is 4.43 Å². The maximum Gasteiger partial charge on any atom is 0.229 e. The fourth-order valence-corrected chi connectivity index (χ4v) is 3.16. The van der Waals surface area contributed by atoms with Crippen LogP contribution in [-0.4, -0.2) is 15.3 Å². The summed E-state index contributed by atoms with van der Waals surface area (Å²) in [6, 6.07) is 10.3. The third-order valence-corrected chi connectivity index (χ3v) is 4.28. The molecule has 0 aliphatic carbocycles. The van der Waals surface area contributed by atoms with E-state index >= 15 is 0 Å². The summed E-state index contributed by atoms with van der Waals surface area (Å²) < 4.78 is 5.94. The zero-order chi connectivity index (χ0) is 13.7. The van der Waals surface area contributed by atoms with Crippen molar-refractivity contribution in [1.82, 2.24) is 0 Å². The zero-order valence-electron chi connectivity index (χ0n) is 11.6. The lowest BCUT2D eigenvalue weighted by Crippen LogP contribution is -2.11. The van der Waals surface area contributed by atoms with Crippen LogP contribution in [0.4, 0.5) is 5.69 Å². The second kappa shape index (κ2) is 6.68. The summed E-state index contributed by atoms with van der Waals surface area (Å²) in [5.41, 5.74) is 2.13. The van der Waals surface area contributed by atoms with E-state index in [2.05, 4.69) is 48.6 Å². The lowest BCUT2D eigenvalue weighted by Gasteiger charge is -2.13. The Morgan fingerprint density at radius 1 is 1.26 bits per heavy atom. The van der Waals surface area contributed by atoms with Crippen LogP contribution in [0.3, 0.4) is 0 Å². The number of aliphatic imine (C=N–C) groups is 1. The Bertz CT molecular complexity index is 549.